The Morgan fingerprint density at radius 2 is 1.92 bits per heavy atom. The molecule has 0 fully saturated rings. The van der Waals surface area contributed by atoms with Gasteiger partial charge < -0.3 is 5.32 Å². The number of nitrogens with zero attached hydrogens (tertiary/aromatic N) is 4. The molecule has 3 rings (SSSR count). The number of rotatable bonds is 8. The number of carbonyl (C=O) groups is 1. The van der Waals surface area contributed by atoms with E-state index in [2.05, 4.69) is 20.8 Å². The minimum Gasteiger partial charge on any atom is -0.353 e. The maximum atomic E-state index is 12.6. The molecule has 1 aromatic heterocycles. The Balaban J connectivity index is 1.54. The third-order valence-corrected chi connectivity index (χ3v) is 5.01. The lowest BCUT2D eigenvalue weighted by Crippen LogP contribution is -2.35. The molecule has 0 saturated carbocycles. The number of halogens is 1. The maximum Gasteiger partial charge on any atom is 0.245 e. The van der Waals surface area contributed by atoms with Crippen molar-refractivity contribution in [3.8, 4) is 0 Å². The average molecular weight is 388 g/mol. The lowest BCUT2D eigenvalue weighted by atomic mass is 10.1. The number of nitrogens with one attached hydrogen (secondary N) is 1. The first-order valence-corrected chi connectivity index (χ1v) is 9.51. The molecule has 0 aliphatic carbocycles. The molecule has 1 N–H and O–H groups in total. The average Bonchev–Trinajstić information content (AvgIpc) is 3.20. The molecule has 1 amide bonds. The fourth-order valence-corrected chi connectivity index (χ4v) is 3.34. The number of hydrogen-bond acceptors (Lipinski definition) is 5. The van der Waals surface area contributed by atoms with E-state index in [-0.39, 0.29) is 5.91 Å². The van der Waals surface area contributed by atoms with Crippen LogP contribution in [0.15, 0.2) is 65.8 Å². The molecule has 8 heteroatoms. The van der Waals surface area contributed by atoms with Crippen LogP contribution >= 0.6 is 23.4 Å². The number of aromatic nitrogens is 4. The monoisotopic (exact) mass is 387 g/mol. The van der Waals surface area contributed by atoms with Gasteiger partial charge in [-0.2, -0.15) is 0 Å². The number of thioether (sulfide) groups is 1. The highest BCUT2D eigenvalue weighted by molar-refractivity contribution is 7.99. The van der Waals surface area contributed by atoms with E-state index in [0.717, 1.165) is 16.2 Å². The molecule has 0 aliphatic heterocycles. The third kappa shape index (κ3) is 5.31. The van der Waals surface area contributed by atoms with Crippen LogP contribution in [0.5, 0.6) is 0 Å². The van der Waals surface area contributed by atoms with E-state index in [0.29, 0.717) is 18.0 Å². The minimum atomic E-state index is -0.479. The zero-order valence-corrected chi connectivity index (χ0v) is 15.5. The molecule has 1 atom stereocenters. The van der Waals surface area contributed by atoms with Gasteiger partial charge in [0.1, 0.15) is 12.4 Å². The SMILES string of the molecule is O=C(NCCSc1ccc(Cl)cc1)[C@H](Cc1ccccc1)n1cnnn1. The second-order valence-corrected chi connectivity index (χ2v) is 7.19. The van der Waals surface area contributed by atoms with E-state index in [1.165, 1.54) is 11.0 Å². The van der Waals surface area contributed by atoms with Crippen molar-refractivity contribution in [2.24, 2.45) is 0 Å². The lowest BCUT2D eigenvalue weighted by Gasteiger charge is -2.16. The topological polar surface area (TPSA) is 72.7 Å². The maximum absolute atomic E-state index is 12.6. The second kappa shape index (κ2) is 9.35. The van der Waals surface area contributed by atoms with Gasteiger partial charge in [0.2, 0.25) is 5.91 Å². The Kier molecular flexibility index (Phi) is 6.62. The van der Waals surface area contributed by atoms with Crippen molar-refractivity contribution in [1.29, 1.82) is 0 Å². The van der Waals surface area contributed by atoms with Gasteiger partial charge in [-0.1, -0.05) is 41.9 Å². The van der Waals surface area contributed by atoms with Crippen molar-refractivity contribution in [1.82, 2.24) is 25.5 Å². The molecular weight excluding hydrogens is 370 g/mol. The highest BCUT2D eigenvalue weighted by atomic mass is 35.5. The van der Waals surface area contributed by atoms with Gasteiger partial charge in [-0.3, -0.25) is 4.79 Å². The van der Waals surface area contributed by atoms with Gasteiger partial charge in [0.05, 0.1) is 0 Å². The van der Waals surface area contributed by atoms with Crippen LogP contribution in [0, 0.1) is 0 Å². The normalized spacial score (nSPS) is 11.9. The van der Waals surface area contributed by atoms with Gasteiger partial charge in [-0.25, -0.2) is 4.68 Å². The molecule has 1 heterocycles. The van der Waals surface area contributed by atoms with Gasteiger partial charge in [0.15, 0.2) is 0 Å². The largest absolute Gasteiger partial charge is 0.353 e. The first kappa shape index (κ1) is 18.4. The zero-order valence-electron chi connectivity index (χ0n) is 14.0. The van der Waals surface area contributed by atoms with Crippen LogP contribution in [0.2, 0.25) is 5.02 Å². The van der Waals surface area contributed by atoms with E-state index in [1.54, 1.807) is 11.8 Å². The number of tetrazole rings is 1. The van der Waals surface area contributed by atoms with Crippen molar-refractivity contribution in [3.63, 3.8) is 0 Å². The Bertz CT molecular complexity index is 811. The summed E-state index contributed by atoms with van der Waals surface area (Å²) in [5, 5.41) is 14.9. The molecule has 6 nitrogen and oxygen atoms in total. The smallest absolute Gasteiger partial charge is 0.245 e. The second-order valence-electron chi connectivity index (χ2n) is 5.59. The van der Waals surface area contributed by atoms with E-state index in [1.807, 2.05) is 54.6 Å². The molecule has 0 aliphatic rings. The highest BCUT2D eigenvalue weighted by Gasteiger charge is 2.21. The first-order valence-electron chi connectivity index (χ1n) is 8.15. The summed E-state index contributed by atoms with van der Waals surface area (Å²) in [5.41, 5.74) is 1.05. The van der Waals surface area contributed by atoms with Crippen LogP contribution in [0.25, 0.3) is 0 Å². The predicted octanol–water partition coefficient (Wildman–Crippen LogP) is 3.02. The Morgan fingerprint density at radius 1 is 1.15 bits per heavy atom. The van der Waals surface area contributed by atoms with Crippen LogP contribution in [0.4, 0.5) is 0 Å². The molecule has 0 spiro atoms. The molecule has 2 aromatic carbocycles. The predicted molar refractivity (Wildman–Crippen MR) is 102 cm³/mol. The quantitative estimate of drug-likeness (QED) is 0.475. The van der Waals surface area contributed by atoms with Crippen LogP contribution < -0.4 is 5.32 Å². The van der Waals surface area contributed by atoms with Crippen molar-refractivity contribution < 1.29 is 4.79 Å². The van der Waals surface area contributed by atoms with E-state index in [9.17, 15) is 4.79 Å². The van der Waals surface area contributed by atoms with E-state index < -0.39 is 6.04 Å². The Labute approximate surface area is 160 Å². The number of carbonyl (C=O) groups excluding carboxylic acids is 1. The van der Waals surface area contributed by atoms with Crippen molar-refractivity contribution in [2.45, 2.75) is 17.4 Å². The van der Waals surface area contributed by atoms with E-state index >= 15 is 0 Å². The third-order valence-electron chi connectivity index (χ3n) is 3.74. The van der Waals surface area contributed by atoms with Gasteiger partial charge in [0.25, 0.3) is 0 Å². The minimum absolute atomic E-state index is 0.0992. The molecule has 0 bridgehead atoms. The molecule has 134 valence electrons. The van der Waals surface area contributed by atoms with Crippen LogP contribution in [0.3, 0.4) is 0 Å². The van der Waals surface area contributed by atoms with Gasteiger partial charge in [0, 0.05) is 28.6 Å². The van der Waals surface area contributed by atoms with Crippen LogP contribution in [0.1, 0.15) is 11.6 Å². The number of amides is 1. The van der Waals surface area contributed by atoms with Crippen LogP contribution in [-0.4, -0.2) is 38.4 Å². The molecule has 0 radical (unpaired) electrons. The van der Waals surface area contributed by atoms with Crippen molar-refractivity contribution in [2.75, 3.05) is 12.3 Å². The lowest BCUT2D eigenvalue weighted by molar-refractivity contribution is -0.124. The van der Waals surface area contributed by atoms with Gasteiger partial charge >= 0.3 is 0 Å². The summed E-state index contributed by atoms with van der Waals surface area (Å²) >= 11 is 7.54. The van der Waals surface area contributed by atoms with Crippen molar-refractivity contribution >= 4 is 29.3 Å². The summed E-state index contributed by atoms with van der Waals surface area (Å²) in [7, 11) is 0. The highest BCUT2D eigenvalue weighted by Crippen LogP contribution is 2.20. The molecule has 0 unspecified atom stereocenters. The van der Waals surface area contributed by atoms with E-state index in [4.69, 9.17) is 11.6 Å². The summed E-state index contributed by atoms with van der Waals surface area (Å²) in [6.07, 6.45) is 2.00. The molecular formula is C18H18ClN5OS. The fraction of sp³-hybridized carbons (Fsp3) is 0.222. The number of benzene rings is 2. The van der Waals surface area contributed by atoms with Gasteiger partial charge in [-0.05, 0) is 40.3 Å². The van der Waals surface area contributed by atoms with Crippen molar-refractivity contribution in [3.05, 3.63) is 71.5 Å². The Hall–Kier alpha value is -2.38. The summed E-state index contributed by atoms with van der Waals surface area (Å²) in [6.45, 7) is 0.555. The Morgan fingerprint density at radius 3 is 2.62 bits per heavy atom. The zero-order chi connectivity index (χ0) is 18.2. The molecule has 0 saturated heterocycles. The van der Waals surface area contributed by atoms with Crippen LogP contribution in [-0.2, 0) is 11.2 Å². The summed E-state index contributed by atoms with van der Waals surface area (Å²) in [5.74, 6) is 0.666. The molecule has 3 aromatic rings. The fourth-order valence-electron chi connectivity index (χ4n) is 2.45. The first-order chi connectivity index (χ1) is 12.7. The molecule has 26 heavy (non-hydrogen) atoms. The number of hydrogen-bond donors (Lipinski definition) is 1. The van der Waals surface area contributed by atoms with Gasteiger partial charge in [-0.15, -0.1) is 16.9 Å². The standard InChI is InChI=1S/C18H18ClN5OS/c19-15-6-8-16(9-7-15)26-11-10-20-18(25)17(24-13-21-22-23-24)12-14-4-2-1-3-5-14/h1-9,13,17H,10-12H2,(H,20,25)/t17-/m0/s1. The summed E-state index contributed by atoms with van der Waals surface area (Å²) in [6, 6.07) is 17.0. The summed E-state index contributed by atoms with van der Waals surface area (Å²) in [4.78, 5) is 13.8. The summed E-state index contributed by atoms with van der Waals surface area (Å²) < 4.78 is 1.49.